The fraction of sp³-hybridized carbons (Fsp3) is 0.579. The maximum atomic E-state index is 13.0. The van der Waals surface area contributed by atoms with Gasteiger partial charge in [-0.3, -0.25) is 24.5 Å². The molecule has 0 aromatic heterocycles. The van der Waals surface area contributed by atoms with Crippen molar-refractivity contribution in [1.82, 2.24) is 10.2 Å². The van der Waals surface area contributed by atoms with Gasteiger partial charge < -0.3 is 33.9 Å². The molecule has 3 aliphatic heterocycles. The lowest BCUT2D eigenvalue weighted by molar-refractivity contribution is -0.137. The van der Waals surface area contributed by atoms with Crippen LogP contribution in [0.2, 0.25) is 0 Å². The van der Waals surface area contributed by atoms with Crippen molar-refractivity contribution in [1.29, 1.82) is 0 Å². The first-order valence-electron chi connectivity index (χ1n) is 18.2. The molecule has 2 aromatic rings. The van der Waals surface area contributed by atoms with Crippen LogP contribution in [0.25, 0.3) is 0 Å². The largest absolute Gasteiger partial charge is 0.494 e. The lowest BCUT2D eigenvalue weighted by Crippen LogP contribution is -2.52. The number of aryl methyl sites for hydroxylation is 1. The SMILES string of the molecule is O=C1CCC(N2Cc3c(NC(=O)CCCCCOCCOCCOCCCCCCOc4ccc5c(c4)CCCO5)cccc3C2=O)C(=O)N1. The number of hydrogen-bond acceptors (Lipinski definition) is 9. The molecule has 4 amide bonds. The van der Waals surface area contributed by atoms with E-state index >= 15 is 0 Å². The molecule has 1 unspecified atom stereocenters. The average molecular weight is 694 g/mol. The van der Waals surface area contributed by atoms with Gasteiger partial charge in [0, 0.05) is 49.4 Å². The van der Waals surface area contributed by atoms with Gasteiger partial charge in [0.25, 0.3) is 5.91 Å². The summed E-state index contributed by atoms with van der Waals surface area (Å²) in [5, 5.41) is 5.24. The average Bonchev–Trinajstić information content (AvgIpc) is 3.45. The zero-order chi connectivity index (χ0) is 35.0. The summed E-state index contributed by atoms with van der Waals surface area (Å²) in [6.07, 6.45) is 9.69. The van der Waals surface area contributed by atoms with E-state index in [1.54, 1.807) is 18.2 Å². The van der Waals surface area contributed by atoms with Crippen molar-refractivity contribution in [2.75, 3.05) is 58.2 Å². The predicted octanol–water partition coefficient (Wildman–Crippen LogP) is 4.96. The van der Waals surface area contributed by atoms with E-state index in [0.717, 1.165) is 89.1 Å². The highest BCUT2D eigenvalue weighted by Crippen LogP contribution is 2.32. The molecule has 1 atom stereocenters. The molecule has 272 valence electrons. The quantitative estimate of drug-likeness (QED) is 0.129. The summed E-state index contributed by atoms with van der Waals surface area (Å²) in [7, 11) is 0. The molecule has 12 nitrogen and oxygen atoms in total. The molecule has 2 N–H and O–H groups in total. The van der Waals surface area contributed by atoms with Gasteiger partial charge in [0.1, 0.15) is 17.5 Å². The second-order valence-corrected chi connectivity index (χ2v) is 12.9. The summed E-state index contributed by atoms with van der Waals surface area (Å²) in [4.78, 5) is 50.9. The zero-order valence-electron chi connectivity index (χ0n) is 29.0. The first-order valence-corrected chi connectivity index (χ1v) is 18.2. The predicted molar refractivity (Wildman–Crippen MR) is 186 cm³/mol. The monoisotopic (exact) mass is 693 g/mol. The van der Waals surface area contributed by atoms with E-state index in [0.29, 0.717) is 62.7 Å². The van der Waals surface area contributed by atoms with Crippen LogP contribution in [0.3, 0.4) is 0 Å². The van der Waals surface area contributed by atoms with Crippen molar-refractivity contribution >= 4 is 29.3 Å². The third-order valence-electron chi connectivity index (χ3n) is 9.12. The van der Waals surface area contributed by atoms with E-state index in [2.05, 4.69) is 16.7 Å². The standard InChI is InChI=1S/C38H51N3O9/c42-35(39-32-12-8-11-30-31(32)27-41(38(30)45)33-15-17-36(43)40-37(33)44)13-4-3-6-19-47-23-25-48-24-22-46-18-5-1-2-7-20-49-29-14-16-34-28(26-29)10-9-21-50-34/h8,11-12,14,16,26,33H,1-7,9-10,13,15,17-25,27H2,(H,39,42)(H,40,43,44). The van der Waals surface area contributed by atoms with Crippen LogP contribution in [-0.4, -0.2) is 87.4 Å². The van der Waals surface area contributed by atoms with Gasteiger partial charge >= 0.3 is 0 Å². The maximum absolute atomic E-state index is 13.0. The Kier molecular flexibility index (Phi) is 14.9. The number of piperidine rings is 1. The van der Waals surface area contributed by atoms with Crippen LogP contribution in [0.5, 0.6) is 11.5 Å². The number of carbonyl (C=O) groups excluding carboxylic acids is 4. The van der Waals surface area contributed by atoms with Gasteiger partial charge in [0.05, 0.1) is 39.6 Å². The Morgan fingerprint density at radius 1 is 0.840 bits per heavy atom. The number of ether oxygens (including phenoxy) is 5. The fourth-order valence-corrected chi connectivity index (χ4v) is 6.40. The van der Waals surface area contributed by atoms with Gasteiger partial charge in [-0.1, -0.05) is 18.9 Å². The van der Waals surface area contributed by atoms with Crippen molar-refractivity contribution in [3.8, 4) is 11.5 Å². The van der Waals surface area contributed by atoms with Gasteiger partial charge in [0.15, 0.2) is 0 Å². The van der Waals surface area contributed by atoms with Crippen LogP contribution in [0.4, 0.5) is 5.69 Å². The van der Waals surface area contributed by atoms with Crippen molar-refractivity contribution in [3.63, 3.8) is 0 Å². The van der Waals surface area contributed by atoms with Crippen LogP contribution in [0.1, 0.15) is 92.1 Å². The highest BCUT2D eigenvalue weighted by Gasteiger charge is 2.40. The molecule has 2 aromatic carbocycles. The number of fused-ring (bicyclic) bond motifs is 2. The number of unbranched alkanes of at least 4 members (excludes halogenated alkanes) is 5. The topological polar surface area (TPSA) is 142 Å². The number of carbonyl (C=O) groups is 4. The van der Waals surface area contributed by atoms with Gasteiger partial charge in [-0.2, -0.15) is 0 Å². The molecule has 1 fully saturated rings. The van der Waals surface area contributed by atoms with E-state index in [-0.39, 0.29) is 30.7 Å². The minimum Gasteiger partial charge on any atom is -0.494 e. The molecule has 0 saturated carbocycles. The Balaban J connectivity index is 0.800. The second-order valence-electron chi connectivity index (χ2n) is 12.9. The summed E-state index contributed by atoms with van der Waals surface area (Å²) in [5.41, 5.74) is 3.00. The number of nitrogens with one attached hydrogen (secondary N) is 2. The molecular formula is C38H51N3O9. The van der Waals surface area contributed by atoms with Gasteiger partial charge in [-0.15, -0.1) is 0 Å². The summed E-state index contributed by atoms with van der Waals surface area (Å²) in [6.45, 7) is 5.27. The molecule has 12 heteroatoms. The van der Waals surface area contributed by atoms with E-state index in [1.807, 2.05) is 12.1 Å². The molecule has 0 spiro atoms. The van der Waals surface area contributed by atoms with Crippen molar-refractivity contribution < 1.29 is 42.9 Å². The molecule has 3 aliphatic rings. The first kappa shape index (κ1) is 37.3. The van der Waals surface area contributed by atoms with Crippen molar-refractivity contribution in [2.24, 2.45) is 0 Å². The number of hydrogen-bond donors (Lipinski definition) is 2. The molecule has 0 aliphatic carbocycles. The summed E-state index contributed by atoms with van der Waals surface area (Å²) >= 11 is 0. The van der Waals surface area contributed by atoms with E-state index < -0.39 is 11.9 Å². The molecular weight excluding hydrogens is 642 g/mol. The number of nitrogens with zero attached hydrogens (tertiary/aromatic N) is 1. The molecule has 1 saturated heterocycles. The van der Waals surface area contributed by atoms with Gasteiger partial charge in [0.2, 0.25) is 17.7 Å². The fourth-order valence-electron chi connectivity index (χ4n) is 6.40. The highest BCUT2D eigenvalue weighted by atomic mass is 16.5. The zero-order valence-corrected chi connectivity index (χ0v) is 29.0. The van der Waals surface area contributed by atoms with E-state index in [1.165, 1.54) is 10.5 Å². The van der Waals surface area contributed by atoms with E-state index in [4.69, 9.17) is 23.7 Å². The number of rotatable bonds is 22. The third-order valence-corrected chi connectivity index (χ3v) is 9.12. The van der Waals surface area contributed by atoms with Crippen molar-refractivity contribution in [3.05, 3.63) is 53.1 Å². The maximum Gasteiger partial charge on any atom is 0.255 e. The van der Waals surface area contributed by atoms with Crippen LogP contribution in [-0.2, 0) is 41.6 Å². The van der Waals surface area contributed by atoms with Crippen LogP contribution >= 0.6 is 0 Å². The molecule has 0 radical (unpaired) electrons. The Hall–Kier alpha value is -4.00. The van der Waals surface area contributed by atoms with Crippen LogP contribution in [0.15, 0.2) is 36.4 Å². The van der Waals surface area contributed by atoms with E-state index in [9.17, 15) is 19.2 Å². The Labute approximate surface area is 294 Å². The number of anilines is 1. The number of imide groups is 1. The lowest BCUT2D eigenvalue weighted by Gasteiger charge is -2.29. The molecule has 50 heavy (non-hydrogen) atoms. The van der Waals surface area contributed by atoms with Crippen LogP contribution < -0.4 is 20.1 Å². The first-order chi connectivity index (χ1) is 24.5. The number of benzene rings is 2. The number of amides is 4. The van der Waals surface area contributed by atoms with Crippen molar-refractivity contribution in [2.45, 2.75) is 89.6 Å². The molecule has 3 heterocycles. The summed E-state index contributed by atoms with van der Waals surface area (Å²) in [6, 6.07) is 10.6. The molecule has 5 rings (SSSR count). The van der Waals surface area contributed by atoms with Gasteiger partial charge in [-0.05, 0) is 87.3 Å². The minimum absolute atomic E-state index is 0.121. The lowest BCUT2D eigenvalue weighted by atomic mass is 10.0. The third kappa shape index (κ3) is 11.3. The minimum atomic E-state index is -0.690. The van der Waals surface area contributed by atoms with Gasteiger partial charge in [-0.25, -0.2) is 0 Å². The Bertz CT molecular complexity index is 1450. The van der Waals surface area contributed by atoms with Crippen LogP contribution in [0, 0.1) is 0 Å². The summed E-state index contributed by atoms with van der Waals surface area (Å²) < 4.78 is 28.5. The molecule has 0 bridgehead atoms. The Morgan fingerprint density at radius 3 is 2.32 bits per heavy atom. The smallest absolute Gasteiger partial charge is 0.255 e. The summed E-state index contributed by atoms with van der Waals surface area (Å²) in [5.74, 6) is 0.758. The second kappa shape index (κ2) is 20.0. The highest BCUT2D eigenvalue weighted by molar-refractivity contribution is 6.06. The Morgan fingerprint density at radius 2 is 1.56 bits per heavy atom. The normalized spacial score (nSPS) is 16.8.